The average Bonchev–Trinajstić information content (AvgIpc) is 2.50. The largest absolute Gasteiger partial charge is 0.481 e. The third-order valence-corrected chi connectivity index (χ3v) is 3.47. The van der Waals surface area contributed by atoms with Gasteiger partial charge in [-0.3, -0.25) is 0 Å². The zero-order valence-electron chi connectivity index (χ0n) is 10.2. The number of fused-ring (bicyclic) bond motifs is 1. The number of hydrogen-bond acceptors (Lipinski definition) is 5. The lowest BCUT2D eigenvalue weighted by Crippen LogP contribution is -2.38. The minimum Gasteiger partial charge on any atom is -0.481 e. The number of ether oxygens (including phenoxy) is 1. The number of nitrogens with zero attached hydrogens (tertiary/aromatic N) is 3. The van der Waals surface area contributed by atoms with Crippen LogP contribution in [0.5, 0.6) is 5.88 Å². The van der Waals surface area contributed by atoms with Gasteiger partial charge in [-0.05, 0) is 19.4 Å². The van der Waals surface area contributed by atoms with Crippen LogP contribution in [0, 0.1) is 0 Å². The maximum Gasteiger partial charge on any atom is 0.228 e. The van der Waals surface area contributed by atoms with Crippen molar-refractivity contribution in [2.24, 2.45) is 0 Å². The molecule has 5 heteroatoms. The molecule has 1 aromatic rings. The van der Waals surface area contributed by atoms with Gasteiger partial charge in [0.1, 0.15) is 0 Å². The molecule has 1 aromatic heterocycles. The summed E-state index contributed by atoms with van der Waals surface area (Å²) < 4.78 is 5.42. The van der Waals surface area contributed by atoms with E-state index < -0.39 is 0 Å². The predicted molar refractivity (Wildman–Crippen MR) is 65.7 cm³/mol. The number of rotatable bonds is 2. The van der Waals surface area contributed by atoms with Gasteiger partial charge >= 0.3 is 0 Å². The molecule has 92 valence electrons. The Morgan fingerprint density at radius 2 is 2.00 bits per heavy atom. The van der Waals surface area contributed by atoms with Gasteiger partial charge in [0.2, 0.25) is 11.8 Å². The summed E-state index contributed by atoms with van der Waals surface area (Å²) in [6, 6.07) is 0. The quantitative estimate of drug-likeness (QED) is 0.802. The fourth-order valence-corrected chi connectivity index (χ4v) is 2.32. The highest BCUT2D eigenvalue weighted by Gasteiger charge is 2.22. The van der Waals surface area contributed by atoms with Crippen molar-refractivity contribution in [2.45, 2.75) is 19.3 Å². The molecule has 1 fully saturated rings. The van der Waals surface area contributed by atoms with E-state index in [1.54, 1.807) is 7.11 Å². The topological polar surface area (TPSA) is 50.3 Å². The van der Waals surface area contributed by atoms with Gasteiger partial charge in [-0.15, -0.1) is 0 Å². The number of aromatic nitrogens is 2. The predicted octanol–water partition coefficient (Wildman–Crippen LogP) is 0.384. The number of methoxy groups -OCH3 is 1. The van der Waals surface area contributed by atoms with Crippen LogP contribution in [0.3, 0.4) is 0 Å². The monoisotopic (exact) mass is 234 g/mol. The van der Waals surface area contributed by atoms with E-state index in [1.807, 2.05) is 0 Å². The van der Waals surface area contributed by atoms with Crippen LogP contribution in [0.25, 0.3) is 0 Å². The van der Waals surface area contributed by atoms with Crippen molar-refractivity contribution >= 4 is 5.95 Å². The van der Waals surface area contributed by atoms with Gasteiger partial charge in [0, 0.05) is 31.6 Å². The van der Waals surface area contributed by atoms with Crippen molar-refractivity contribution in [3.05, 3.63) is 11.3 Å². The molecule has 17 heavy (non-hydrogen) atoms. The first-order valence-corrected chi connectivity index (χ1v) is 6.28. The molecule has 0 unspecified atom stereocenters. The maximum absolute atomic E-state index is 5.42. The van der Waals surface area contributed by atoms with Crippen LogP contribution in [0.1, 0.15) is 17.7 Å². The van der Waals surface area contributed by atoms with Crippen molar-refractivity contribution in [1.82, 2.24) is 15.3 Å². The standard InChI is InChI=1S/C12H18N4O/c1-17-11-9-3-5-13-6-4-10(9)14-12(15-11)16-7-2-8-16/h13H,2-8H2,1H3. The van der Waals surface area contributed by atoms with E-state index in [0.29, 0.717) is 0 Å². The summed E-state index contributed by atoms with van der Waals surface area (Å²) in [7, 11) is 1.70. The van der Waals surface area contributed by atoms with E-state index in [1.165, 1.54) is 12.0 Å². The molecule has 2 aliphatic rings. The second-order valence-corrected chi connectivity index (χ2v) is 4.55. The molecule has 5 nitrogen and oxygen atoms in total. The average molecular weight is 234 g/mol. The lowest BCUT2D eigenvalue weighted by atomic mass is 10.1. The number of nitrogens with one attached hydrogen (secondary N) is 1. The maximum atomic E-state index is 5.42. The molecular formula is C12H18N4O. The Hall–Kier alpha value is -1.36. The van der Waals surface area contributed by atoms with Gasteiger partial charge in [0.25, 0.3) is 0 Å². The zero-order valence-corrected chi connectivity index (χ0v) is 10.2. The lowest BCUT2D eigenvalue weighted by molar-refractivity contribution is 0.389. The molecule has 3 rings (SSSR count). The first kappa shape index (κ1) is 10.8. The first-order valence-electron chi connectivity index (χ1n) is 6.28. The molecule has 0 atom stereocenters. The van der Waals surface area contributed by atoms with Crippen LogP contribution in [-0.4, -0.2) is 43.3 Å². The minimum atomic E-state index is 0.764. The second-order valence-electron chi connectivity index (χ2n) is 4.55. The molecule has 0 bridgehead atoms. The number of anilines is 1. The zero-order chi connectivity index (χ0) is 11.7. The second kappa shape index (κ2) is 4.49. The normalized spacial score (nSPS) is 19.2. The van der Waals surface area contributed by atoms with Gasteiger partial charge in [-0.2, -0.15) is 4.98 Å². The summed E-state index contributed by atoms with van der Waals surface area (Å²) in [5.74, 6) is 1.61. The molecule has 0 aromatic carbocycles. The Bertz CT molecular complexity index is 417. The highest BCUT2D eigenvalue weighted by atomic mass is 16.5. The highest BCUT2D eigenvalue weighted by molar-refractivity contribution is 5.42. The van der Waals surface area contributed by atoms with Crippen molar-refractivity contribution < 1.29 is 4.74 Å². The third-order valence-electron chi connectivity index (χ3n) is 3.47. The third kappa shape index (κ3) is 1.95. The van der Waals surface area contributed by atoms with Crippen molar-refractivity contribution in [2.75, 3.05) is 38.2 Å². The summed E-state index contributed by atoms with van der Waals surface area (Å²) in [6.45, 7) is 4.11. The molecule has 1 N–H and O–H groups in total. The molecule has 0 aliphatic carbocycles. The van der Waals surface area contributed by atoms with Crippen LogP contribution < -0.4 is 15.0 Å². The Kier molecular flexibility index (Phi) is 2.84. The lowest BCUT2D eigenvalue weighted by Gasteiger charge is -2.31. The van der Waals surface area contributed by atoms with E-state index in [4.69, 9.17) is 9.72 Å². The van der Waals surface area contributed by atoms with Crippen molar-refractivity contribution in [1.29, 1.82) is 0 Å². The van der Waals surface area contributed by atoms with Crippen LogP contribution in [0.15, 0.2) is 0 Å². The molecule has 1 saturated heterocycles. The van der Waals surface area contributed by atoms with Crippen molar-refractivity contribution in [3.8, 4) is 5.88 Å². The van der Waals surface area contributed by atoms with Gasteiger partial charge in [-0.25, -0.2) is 4.98 Å². The van der Waals surface area contributed by atoms with Gasteiger partial charge in [-0.1, -0.05) is 0 Å². The van der Waals surface area contributed by atoms with Gasteiger partial charge < -0.3 is 15.0 Å². The molecular weight excluding hydrogens is 216 g/mol. The fraction of sp³-hybridized carbons (Fsp3) is 0.667. The molecule has 0 saturated carbocycles. The molecule has 0 amide bonds. The molecule has 0 spiro atoms. The molecule has 3 heterocycles. The Morgan fingerprint density at radius 3 is 2.71 bits per heavy atom. The molecule has 2 aliphatic heterocycles. The van der Waals surface area contributed by atoms with E-state index in [0.717, 1.165) is 56.5 Å². The van der Waals surface area contributed by atoms with Crippen molar-refractivity contribution in [3.63, 3.8) is 0 Å². The van der Waals surface area contributed by atoms with Gasteiger partial charge in [0.15, 0.2) is 0 Å². The van der Waals surface area contributed by atoms with Crippen LogP contribution in [0.2, 0.25) is 0 Å². The Balaban J connectivity index is 2.00. The smallest absolute Gasteiger partial charge is 0.228 e. The highest BCUT2D eigenvalue weighted by Crippen LogP contribution is 2.26. The Labute approximate surface area is 101 Å². The summed E-state index contributed by atoms with van der Waals surface area (Å²) in [5, 5.41) is 3.39. The number of hydrogen-bond donors (Lipinski definition) is 1. The van der Waals surface area contributed by atoms with E-state index in [2.05, 4.69) is 15.2 Å². The minimum absolute atomic E-state index is 0.764. The Morgan fingerprint density at radius 1 is 1.18 bits per heavy atom. The molecule has 0 radical (unpaired) electrons. The van der Waals surface area contributed by atoms with Crippen LogP contribution >= 0.6 is 0 Å². The summed E-state index contributed by atoms with van der Waals surface area (Å²) in [4.78, 5) is 11.4. The van der Waals surface area contributed by atoms with Gasteiger partial charge in [0.05, 0.1) is 12.8 Å². The van der Waals surface area contributed by atoms with Crippen LogP contribution in [-0.2, 0) is 12.8 Å². The van der Waals surface area contributed by atoms with E-state index >= 15 is 0 Å². The summed E-state index contributed by atoms with van der Waals surface area (Å²) in [5.41, 5.74) is 2.34. The van der Waals surface area contributed by atoms with Crippen LogP contribution in [0.4, 0.5) is 5.95 Å². The van der Waals surface area contributed by atoms with E-state index in [9.17, 15) is 0 Å². The SMILES string of the molecule is COc1nc(N2CCC2)nc2c1CCNCC2. The summed E-state index contributed by atoms with van der Waals surface area (Å²) >= 11 is 0. The first-order chi connectivity index (χ1) is 8.38. The fourth-order valence-electron chi connectivity index (χ4n) is 2.32. The van der Waals surface area contributed by atoms with E-state index in [-0.39, 0.29) is 0 Å². The summed E-state index contributed by atoms with van der Waals surface area (Å²) in [6.07, 6.45) is 3.16.